The van der Waals surface area contributed by atoms with E-state index in [4.69, 9.17) is 15.2 Å². The van der Waals surface area contributed by atoms with E-state index in [1.807, 2.05) is 31.2 Å². The molecule has 106 valence electrons. The molecule has 0 radical (unpaired) electrons. The van der Waals surface area contributed by atoms with E-state index in [2.05, 4.69) is 4.74 Å². The molecule has 1 rings (SSSR count). The molecule has 2 N–H and O–H groups in total. The maximum atomic E-state index is 11.1. The Balaban J connectivity index is 2.46. The second-order valence-electron chi connectivity index (χ2n) is 4.06. The number of rotatable bonds is 8. The van der Waals surface area contributed by atoms with Crippen molar-refractivity contribution in [2.45, 2.75) is 25.8 Å². The number of hydrogen-bond acceptors (Lipinski definition) is 5. The summed E-state index contributed by atoms with van der Waals surface area (Å²) < 4.78 is 15.7. The molecule has 0 spiro atoms. The van der Waals surface area contributed by atoms with Gasteiger partial charge in [0.15, 0.2) is 11.5 Å². The summed E-state index contributed by atoms with van der Waals surface area (Å²) in [4.78, 5) is 11.1. The Bertz CT molecular complexity index is 395. The van der Waals surface area contributed by atoms with E-state index < -0.39 is 12.0 Å². The van der Waals surface area contributed by atoms with Crippen LogP contribution in [0.5, 0.6) is 11.5 Å². The normalized spacial score (nSPS) is 11.7. The Kier molecular flexibility index (Phi) is 6.74. The summed E-state index contributed by atoms with van der Waals surface area (Å²) in [5.74, 6) is 0.933. The van der Waals surface area contributed by atoms with Crippen LogP contribution in [0.3, 0.4) is 0 Å². The van der Waals surface area contributed by atoms with E-state index in [0.29, 0.717) is 31.1 Å². The lowest BCUT2D eigenvalue weighted by Crippen LogP contribution is -2.33. The van der Waals surface area contributed by atoms with E-state index in [1.54, 1.807) is 0 Å². The van der Waals surface area contributed by atoms with E-state index in [-0.39, 0.29) is 0 Å². The van der Waals surface area contributed by atoms with Gasteiger partial charge < -0.3 is 19.9 Å². The zero-order valence-electron chi connectivity index (χ0n) is 11.4. The van der Waals surface area contributed by atoms with Gasteiger partial charge in [-0.05, 0) is 18.6 Å². The first-order valence-corrected chi connectivity index (χ1v) is 6.37. The minimum Gasteiger partial charge on any atom is -0.490 e. The molecule has 0 aliphatic rings. The van der Waals surface area contributed by atoms with Crippen LogP contribution in [0.4, 0.5) is 0 Å². The van der Waals surface area contributed by atoms with Gasteiger partial charge in [-0.15, -0.1) is 0 Å². The van der Waals surface area contributed by atoms with E-state index in [9.17, 15) is 4.79 Å². The number of carbonyl (C=O) groups is 1. The Morgan fingerprint density at radius 1 is 1.21 bits per heavy atom. The average molecular weight is 267 g/mol. The highest BCUT2D eigenvalue weighted by atomic mass is 16.5. The van der Waals surface area contributed by atoms with Crippen molar-refractivity contribution in [2.75, 3.05) is 20.3 Å². The summed E-state index contributed by atoms with van der Waals surface area (Å²) in [6.07, 6.45) is 1.33. The van der Waals surface area contributed by atoms with Crippen LogP contribution < -0.4 is 15.2 Å². The first-order chi connectivity index (χ1) is 9.19. The van der Waals surface area contributed by atoms with Gasteiger partial charge >= 0.3 is 5.97 Å². The highest BCUT2D eigenvalue weighted by molar-refractivity contribution is 5.75. The maximum absolute atomic E-state index is 11.1. The number of carbonyl (C=O) groups excluding carboxylic acids is 1. The number of methoxy groups -OCH3 is 1. The van der Waals surface area contributed by atoms with Crippen LogP contribution >= 0.6 is 0 Å². The fourth-order valence-corrected chi connectivity index (χ4v) is 1.47. The van der Waals surface area contributed by atoms with Crippen molar-refractivity contribution in [3.63, 3.8) is 0 Å². The van der Waals surface area contributed by atoms with E-state index in [0.717, 1.165) is 6.42 Å². The summed E-state index contributed by atoms with van der Waals surface area (Å²) in [5.41, 5.74) is 5.62. The molecule has 1 aromatic carbocycles. The van der Waals surface area contributed by atoms with Gasteiger partial charge in [-0.3, -0.25) is 4.79 Å². The quantitative estimate of drug-likeness (QED) is 0.726. The molecular formula is C14H21NO4. The predicted molar refractivity (Wildman–Crippen MR) is 72.3 cm³/mol. The third kappa shape index (κ3) is 5.18. The number of benzene rings is 1. The SMILES string of the molecule is CCCOc1ccccc1OCCC(N)C(=O)OC. The van der Waals surface area contributed by atoms with E-state index in [1.165, 1.54) is 7.11 Å². The summed E-state index contributed by atoms with van der Waals surface area (Å²) in [6, 6.07) is 6.78. The van der Waals surface area contributed by atoms with Crippen molar-refractivity contribution in [3.05, 3.63) is 24.3 Å². The fraction of sp³-hybridized carbons (Fsp3) is 0.500. The van der Waals surface area contributed by atoms with Crippen molar-refractivity contribution in [1.82, 2.24) is 0 Å². The highest BCUT2D eigenvalue weighted by Gasteiger charge is 2.13. The molecule has 1 atom stereocenters. The zero-order chi connectivity index (χ0) is 14.1. The Morgan fingerprint density at radius 3 is 2.32 bits per heavy atom. The largest absolute Gasteiger partial charge is 0.490 e. The van der Waals surface area contributed by atoms with Crippen LogP contribution in [0.2, 0.25) is 0 Å². The molecule has 0 aliphatic heterocycles. The number of ether oxygens (including phenoxy) is 3. The van der Waals surface area contributed by atoms with Gasteiger partial charge in [0.1, 0.15) is 6.04 Å². The van der Waals surface area contributed by atoms with Crippen LogP contribution in [-0.2, 0) is 9.53 Å². The van der Waals surface area contributed by atoms with Gasteiger partial charge in [-0.1, -0.05) is 19.1 Å². The lowest BCUT2D eigenvalue weighted by atomic mass is 10.2. The average Bonchev–Trinajstić information content (AvgIpc) is 2.45. The second-order valence-corrected chi connectivity index (χ2v) is 4.06. The van der Waals surface area contributed by atoms with Gasteiger partial charge in [0.25, 0.3) is 0 Å². The first kappa shape index (κ1) is 15.3. The monoisotopic (exact) mass is 267 g/mol. The molecule has 0 heterocycles. The molecule has 0 bridgehead atoms. The topological polar surface area (TPSA) is 70.8 Å². The molecule has 1 unspecified atom stereocenters. The lowest BCUT2D eigenvalue weighted by molar-refractivity contribution is -0.142. The molecule has 5 heteroatoms. The molecule has 0 saturated heterocycles. The van der Waals surface area contributed by atoms with Crippen LogP contribution in [-0.4, -0.2) is 32.3 Å². The van der Waals surface area contributed by atoms with Crippen molar-refractivity contribution in [1.29, 1.82) is 0 Å². The Morgan fingerprint density at radius 2 is 1.79 bits per heavy atom. The predicted octanol–water partition coefficient (Wildman–Crippen LogP) is 1.74. The zero-order valence-corrected chi connectivity index (χ0v) is 11.4. The second kappa shape index (κ2) is 8.37. The van der Waals surface area contributed by atoms with E-state index >= 15 is 0 Å². The molecule has 19 heavy (non-hydrogen) atoms. The van der Waals surface area contributed by atoms with Crippen molar-refractivity contribution in [2.24, 2.45) is 5.73 Å². The summed E-state index contributed by atoms with van der Waals surface area (Å²) >= 11 is 0. The van der Waals surface area contributed by atoms with Crippen molar-refractivity contribution >= 4 is 5.97 Å². The summed E-state index contributed by atoms with van der Waals surface area (Å²) in [6.45, 7) is 3.02. The minimum absolute atomic E-state index is 0.336. The van der Waals surface area contributed by atoms with Crippen molar-refractivity contribution in [3.8, 4) is 11.5 Å². The van der Waals surface area contributed by atoms with Gasteiger partial charge in [-0.2, -0.15) is 0 Å². The first-order valence-electron chi connectivity index (χ1n) is 6.37. The standard InChI is InChI=1S/C14H21NO4/c1-3-9-18-12-6-4-5-7-13(12)19-10-8-11(15)14(16)17-2/h4-7,11H,3,8-10,15H2,1-2H3. The van der Waals surface area contributed by atoms with Gasteiger partial charge in [0, 0.05) is 6.42 Å². The lowest BCUT2D eigenvalue weighted by Gasteiger charge is -2.13. The molecule has 0 aliphatic carbocycles. The highest BCUT2D eigenvalue weighted by Crippen LogP contribution is 2.26. The minimum atomic E-state index is -0.659. The molecule has 0 saturated carbocycles. The van der Waals surface area contributed by atoms with Crippen molar-refractivity contribution < 1.29 is 19.0 Å². The molecule has 5 nitrogen and oxygen atoms in total. The molecule has 0 fully saturated rings. The van der Waals surface area contributed by atoms with Gasteiger partial charge in [-0.25, -0.2) is 0 Å². The fourth-order valence-electron chi connectivity index (χ4n) is 1.47. The van der Waals surface area contributed by atoms with Crippen LogP contribution in [0.15, 0.2) is 24.3 Å². The molecular weight excluding hydrogens is 246 g/mol. The third-order valence-corrected chi connectivity index (χ3v) is 2.50. The van der Waals surface area contributed by atoms with Gasteiger partial charge in [0.2, 0.25) is 0 Å². The smallest absolute Gasteiger partial charge is 0.322 e. The number of hydrogen-bond donors (Lipinski definition) is 1. The molecule has 0 aromatic heterocycles. The van der Waals surface area contributed by atoms with Gasteiger partial charge in [0.05, 0.1) is 20.3 Å². The number of para-hydroxylation sites is 2. The summed E-state index contributed by atoms with van der Waals surface area (Å²) in [5, 5.41) is 0. The maximum Gasteiger partial charge on any atom is 0.322 e. The Hall–Kier alpha value is -1.75. The van der Waals surface area contributed by atoms with Crippen LogP contribution in [0.1, 0.15) is 19.8 Å². The third-order valence-electron chi connectivity index (χ3n) is 2.50. The molecule has 1 aromatic rings. The van der Waals surface area contributed by atoms with Crippen LogP contribution in [0, 0.1) is 0 Å². The summed E-state index contributed by atoms with van der Waals surface area (Å²) in [7, 11) is 1.32. The number of nitrogens with two attached hydrogens (primary N) is 1. The number of esters is 1. The van der Waals surface area contributed by atoms with Crippen LogP contribution in [0.25, 0.3) is 0 Å². The Labute approximate surface area is 113 Å². The molecule has 0 amide bonds.